The van der Waals surface area contributed by atoms with Crippen molar-refractivity contribution in [1.82, 2.24) is 0 Å². The Balaban J connectivity index is 0.000000874. The zero-order valence-electron chi connectivity index (χ0n) is 15.5. The second-order valence-corrected chi connectivity index (χ2v) is 16.0. The SMILES string of the molecule is C[Si](C)=[Zr+2].Cc1cc2c(-c3ccccc3)cc(C(C)C)cc2[cH-]1.[Cl-].[Cl-]. The molecule has 0 aliphatic heterocycles. The summed E-state index contributed by atoms with van der Waals surface area (Å²) < 4.78 is 0. The third-order valence-electron chi connectivity index (χ3n) is 3.74. The van der Waals surface area contributed by atoms with Crippen molar-refractivity contribution >= 4 is 16.2 Å². The molecule has 4 heteroatoms. The van der Waals surface area contributed by atoms with E-state index in [-0.39, 0.29) is 30.2 Å². The van der Waals surface area contributed by atoms with E-state index in [0.717, 1.165) is 0 Å². The summed E-state index contributed by atoms with van der Waals surface area (Å²) >= 11 is 1.74. The van der Waals surface area contributed by atoms with E-state index in [2.05, 4.69) is 88.5 Å². The van der Waals surface area contributed by atoms with E-state index in [1.54, 1.807) is 23.3 Å². The van der Waals surface area contributed by atoms with Gasteiger partial charge in [-0.3, -0.25) is 0 Å². The Labute approximate surface area is 180 Å². The van der Waals surface area contributed by atoms with Gasteiger partial charge in [0.05, 0.1) is 0 Å². The monoisotopic (exact) mass is 465 g/mol. The number of hydrogen-bond donors (Lipinski definition) is 0. The number of aryl methyl sites for hydroxylation is 1. The van der Waals surface area contributed by atoms with Gasteiger partial charge in [-0.1, -0.05) is 68.3 Å². The summed E-state index contributed by atoms with van der Waals surface area (Å²) in [6.45, 7) is 11.3. The molecule has 0 nitrogen and oxygen atoms in total. The molecule has 3 rings (SSSR count). The van der Waals surface area contributed by atoms with Crippen molar-refractivity contribution in [3.63, 3.8) is 0 Å². The summed E-state index contributed by atoms with van der Waals surface area (Å²) in [5.74, 6) is 0.557. The van der Waals surface area contributed by atoms with Crippen LogP contribution in [0.2, 0.25) is 13.1 Å². The van der Waals surface area contributed by atoms with Gasteiger partial charge in [0.2, 0.25) is 0 Å². The molecule has 0 atom stereocenters. The van der Waals surface area contributed by atoms with Gasteiger partial charge in [-0.25, -0.2) is 0 Å². The number of fused-ring (bicyclic) bond motifs is 1. The van der Waals surface area contributed by atoms with Crippen LogP contribution in [-0.2, 0) is 23.3 Å². The minimum absolute atomic E-state index is 0. The third-order valence-corrected chi connectivity index (χ3v) is 3.74. The Bertz CT molecular complexity index is 803. The number of benzene rings is 2. The van der Waals surface area contributed by atoms with Gasteiger partial charge in [0.15, 0.2) is 0 Å². The van der Waals surface area contributed by atoms with Gasteiger partial charge in [-0.15, -0.1) is 28.5 Å². The maximum Gasteiger partial charge on any atom is -0.0279 e. The molecule has 0 aromatic heterocycles. The van der Waals surface area contributed by atoms with Crippen molar-refractivity contribution in [3.05, 3.63) is 65.7 Å². The summed E-state index contributed by atoms with van der Waals surface area (Å²) in [5.41, 5.74) is 5.63. The van der Waals surface area contributed by atoms with Crippen LogP contribution >= 0.6 is 0 Å². The molecule has 132 valence electrons. The Morgan fingerprint density at radius 3 is 2.04 bits per heavy atom. The molecular weight excluding hydrogens is 442 g/mol. The van der Waals surface area contributed by atoms with Crippen molar-refractivity contribution in [2.45, 2.75) is 39.8 Å². The molecule has 0 heterocycles. The normalized spacial score (nSPS) is 9.76. The Kier molecular flexibility index (Phi) is 11.3. The van der Waals surface area contributed by atoms with E-state index < -0.39 is 0 Å². The molecule has 0 bridgehead atoms. The largest absolute Gasteiger partial charge is 1.00 e. The number of halogens is 2. The molecule has 0 aliphatic carbocycles. The van der Waals surface area contributed by atoms with Gasteiger partial charge in [0.25, 0.3) is 0 Å². The first-order chi connectivity index (χ1) is 10.9. The molecule has 0 saturated carbocycles. The van der Waals surface area contributed by atoms with Crippen molar-refractivity contribution in [1.29, 1.82) is 0 Å². The first-order valence-corrected chi connectivity index (χ1v) is 14.4. The van der Waals surface area contributed by atoms with E-state index in [9.17, 15) is 0 Å². The fourth-order valence-electron chi connectivity index (χ4n) is 2.68. The summed E-state index contributed by atoms with van der Waals surface area (Å²) in [6, 6.07) is 19.9. The quantitative estimate of drug-likeness (QED) is 0.379. The minimum atomic E-state index is 0. The van der Waals surface area contributed by atoms with Crippen molar-refractivity contribution in [2.24, 2.45) is 0 Å². The van der Waals surface area contributed by atoms with Crippen LogP contribution in [0, 0.1) is 6.92 Å². The maximum absolute atomic E-state index is 2.35. The molecule has 0 saturated heterocycles. The van der Waals surface area contributed by atoms with Gasteiger partial charge in [0.1, 0.15) is 0 Å². The molecule has 25 heavy (non-hydrogen) atoms. The van der Waals surface area contributed by atoms with Gasteiger partial charge < -0.3 is 24.8 Å². The molecule has 3 aromatic carbocycles. The smallest absolute Gasteiger partial charge is 0.0279 e. The van der Waals surface area contributed by atoms with E-state index in [0.29, 0.717) is 5.92 Å². The van der Waals surface area contributed by atoms with Crippen molar-refractivity contribution in [2.75, 3.05) is 0 Å². The zero-order chi connectivity index (χ0) is 17.0. The van der Waals surface area contributed by atoms with Gasteiger partial charge >= 0.3 is 41.9 Å². The number of rotatable bonds is 2. The molecule has 0 amide bonds. The van der Waals surface area contributed by atoms with Crippen LogP contribution in [0.1, 0.15) is 30.9 Å². The molecule has 0 unspecified atom stereocenters. The first kappa shape index (κ1) is 24.7. The molecule has 0 N–H and O–H groups in total. The van der Waals surface area contributed by atoms with Crippen LogP contribution in [0.5, 0.6) is 0 Å². The van der Waals surface area contributed by atoms with Crippen LogP contribution in [0.25, 0.3) is 21.9 Å². The Morgan fingerprint density at radius 1 is 0.960 bits per heavy atom. The fourth-order valence-corrected chi connectivity index (χ4v) is 2.68. The summed E-state index contributed by atoms with van der Waals surface area (Å²) in [6.07, 6.45) is 0. The minimum Gasteiger partial charge on any atom is -1.00 e. The maximum atomic E-state index is 2.35. The average Bonchev–Trinajstić information content (AvgIpc) is 2.86. The average molecular weight is 468 g/mol. The van der Waals surface area contributed by atoms with Crippen LogP contribution in [-0.4, -0.2) is 5.43 Å². The van der Waals surface area contributed by atoms with Crippen molar-refractivity contribution < 1.29 is 48.1 Å². The fraction of sp³-hybridized carbons (Fsp3) is 0.286. The second-order valence-electron chi connectivity index (χ2n) is 6.62. The predicted octanol–water partition coefficient (Wildman–Crippen LogP) is 0.450. The molecule has 0 fully saturated rings. The topological polar surface area (TPSA) is 0 Å². The van der Waals surface area contributed by atoms with Gasteiger partial charge in [0, 0.05) is 0 Å². The van der Waals surface area contributed by atoms with E-state index in [4.69, 9.17) is 0 Å². The molecule has 3 aromatic rings. The Hall–Kier alpha value is -0.270. The van der Waals surface area contributed by atoms with Gasteiger partial charge in [-0.05, 0) is 11.5 Å². The molecule has 0 spiro atoms. The third kappa shape index (κ3) is 7.10. The summed E-state index contributed by atoms with van der Waals surface area (Å²) in [5, 5.41) is 2.73. The van der Waals surface area contributed by atoms with E-state index >= 15 is 0 Å². The predicted molar refractivity (Wildman–Crippen MR) is 101 cm³/mol. The van der Waals surface area contributed by atoms with Crippen LogP contribution in [0.15, 0.2) is 54.6 Å². The Morgan fingerprint density at radius 2 is 1.52 bits per heavy atom. The molecular formula is C21H25Cl2SiZr-. The zero-order valence-corrected chi connectivity index (χ0v) is 20.5. The molecule has 0 radical (unpaired) electrons. The summed E-state index contributed by atoms with van der Waals surface area (Å²) in [4.78, 5) is 0. The van der Waals surface area contributed by atoms with E-state index in [1.807, 2.05) is 0 Å². The van der Waals surface area contributed by atoms with Crippen LogP contribution in [0.4, 0.5) is 0 Å². The standard InChI is InChI=1S/C19H19.C2H6Si.2ClH.Zr/c1-13(2)16-11-17-9-14(3)10-18(17)19(12-16)15-7-5-4-6-8-15;1-3-2;;;/h4-13H,1-3H3;1-2H3;2*1H;/q-1;;;;+2/p-2. The number of hydrogen-bond acceptors (Lipinski definition) is 0. The molecule has 0 aliphatic rings. The first-order valence-electron chi connectivity index (χ1n) is 8.16. The van der Waals surface area contributed by atoms with Crippen molar-refractivity contribution in [3.8, 4) is 11.1 Å². The second kappa shape index (κ2) is 11.4. The van der Waals surface area contributed by atoms with Gasteiger partial charge in [-0.2, -0.15) is 6.07 Å². The van der Waals surface area contributed by atoms with E-state index in [1.165, 1.54) is 33.0 Å². The van der Waals surface area contributed by atoms with Crippen LogP contribution in [0.3, 0.4) is 0 Å². The summed E-state index contributed by atoms with van der Waals surface area (Å²) in [7, 11) is 0. The van der Waals surface area contributed by atoms with Crippen LogP contribution < -0.4 is 24.8 Å².